The Bertz CT molecular complexity index is 259. The van der Waals surface area contributed by atoms with Gasteiger partial charge in [-0.25, -0.2) is 4.79 Å². The van der Waals surface area contributed by atoms with Crippen molar-refractivity contribution < 1.29 is 4.79 Å². The molecule has 0 aromatic carbocycles. The number of allylic oxidation sites excluding steroid dienone is 2. The first-order valence-electron chi connectivity index (χ1n) is 3.69. The van der Waals surface area contributed by atoms with Crippen LogP contribution in [0.5, 0.6) is 0 Å². The van der Waals surface area contributed by atoms with E-state index in [9.17, 15) is 4.79 Å². The molecule has 0 aromatic heterocycles. The van der Waals surface area contributed by atoms with Crippen molar-refractivity contribution in [2.75, 3.05) is 0 Å². The number of hydrogen-bond donors (Lipinski definition) is 0. The number of rotatable bonds is 4. The van der Waals surface area contributed by atoms with Crippen LogP contribution in [0.2, 0.25) is 0 Å². The van der Waals surface area contributed by atoms with Gasteiger partial charge in [-0.1, -0.05) is 12.2 Å². The smallest absolute Gasteiger partial charge is 0.244 e. The van der Waals surface area contributed by atoms with Crippen molar-refractivity contribution in [3.63, 3.8) is 0 Å². The van der Waals surface area contributed by atoms with Gasteiger partial charge >= 0.3 is 6.03 Å². The molecule has 62 valence electrons. The molecule has 0 aliphatic carbocycles. The molecule has 1 heterocycles. The zero-order valence-corrected chi connectivity index (χ0v) is 6.79. The molecule has 0 bridgehead atoms. The minimum Gasteiger partial charge on any atom is -0.244 e. The first-order valence-corrected chi connectivity index (χ1v) is 3.69. The Hall–Kier alpha value is -1.51. The second-order valence-corrected chi connectivity index (χ2v) is 2.39. The molecular formula is C9H10N2O. The summed E-state index contributed by atoms with van der Waals surface area (Å²) in [6, 6.07) is -0.413. The Balaban J connectivity index is 2.78. The quantitative estimate of drug-likeness (QED) is 0.584. The van der Waals surface area contributed by atoms with E-state index < -0.39 is 6.03 Å². The van der Waals surface area contributed by atoms with Crippen molar-refractivity contribution in [3.05, 3.63) is 25.3 Å². The van der Waals surface area contributed by atoms with E-state index in [4.69, 9.17) is 0 Å². The fraction of sp³-hybridized carbons (Fsp3) is 0.222. The normalized spacial score (nSPS) is 15.5. The average Bonchev–Trinajstić information content (AvgIpc) is 2.33. The predicted molar refractivity (Wildman–Crippen MR) is 49.9 cm³/mol. The topological polar surface area (TPSA) is 41.8 Å². The van der Waals surface area contributed by atoms with Gasteiger partial charge in [-0.3, -0.25) is 0 Å². The van der Waals surface area contributed by atoms with E-state index in [2.05, 4.69) is 23.1 Å². The largest absolute Gasteiger partial charge is 0.367 e. The zero-order valence-electron chi connectivity index (χ0n) is 6.79. The number of urea groups is 1. The number of carbonyl (C=O) groups is 1. The first kappa shape index (κ1) is 8.59. The van der Waals surface area contributed by atoms with Gasteiger partial charge in [-0.05, 0) is 0 Å². The Morgan fingerprint density at radius 1 is 1.08 bits per heavy atom. The molecule has 1 aliphatic rings. The minimum atomic E-state index is -0.413. The van der Waals surface area contributed by atoms with Crippen molar-refractivity contribution in [2.45, 2.75) is 12.8 Å². The van der Waals surface area contributed by atoms with Crippen LogP contribution in [0.15, 0.2) is 35.3 Å². The van der Waals surface area contributed by atoms with Crippen LogP contribution in [-0.4, -0.2) is 17.5 Å². The Labute approximate surface area is 71.2 Å². The zero-order chi connectivity index (χ0) is 8.97. The lowest BCUT2D eigenvalue weighted by Gasteiger charge is -1.96. The van der Waals surface area contributed by atoms with Crippen molar-refractivity contribution in [3.8, 4) is 0 Å². The Kier molecular flexibility index (Phi) is 2.69. The summed E-state index contributed by atoms with van der Waals surface area (Å²) in [5.74, 6) is 0. The van der Waals surface area contributed by atoms with E-state index in [1.807, 2.05) is 0 Å². The predicted octanol–water partition coefficient (Wildman–Crippen LogP) is 2.15. The monoisotopic (exact) mass is 162 g/mol. The Morgan fingerprint density at radius 3 is 1.83 bits per heavy atom. The van der Waals surface area contributed by atoms with Gasteiger partial charge in [0.2, 0.25) is 0 Å². The van der Waals surface area contributed by atoms with E-state index in [1.54, 1.807) is 12.2 Å². The summed E-state index contributed by atoms with van der Waals surface area (Å²) in [7, 11) is 0. The lowest BCUT2D eigenvalue weighted by Crippen LogP contribution is -2.08. The fourth-order valence-corrected chi connectivity index (χ4v) is 0.985. The third-order valence-electron chi connectivity index (χ3n) is 1.47. The van der Waals surface area contributed by atoms with Gasteiger partial charge < -0.3 is 0 Å². The van der Waals surface area contributed by atoms with E-state index in [-0.39, 0.29) is 0 Å². The summed E-state index contributed by atoms with van der Waals surface area (Å²) in [5, 5.41) is 0. The highest BCUT2D eigenvalue weighted by Gasteiger charge is 2.15. The molecule has 3 nitrogen and oxygen atoms in total. The van der Waals surface area contributed by atoms with Crippen LogP contribution in [0.4, 0.5) is 4.79 Å². The fourth-order valence-electron chi connectivity index (χ4n) is 0.985. The summed E-state index contributed by atoms with van der Waals surface area (Å²) >= 11 is 0. The maximum atomic E-state index is 10.8. The molecule has 2 amide bonds. The van der Waals surface area contributed by atoms with Crippen LogP contribution in [0.1, 0.15) is 12.8 Å². The molecule has 1 aliphatic heterocycles. The minimum absolute atomic E-state index is 0.413. The lowest BCUT2D eigenvalue weighted by atomic mass is 10.1. The maximum Gasteiger partial charge on any atom is 0.367 e. The number of aliphatic imine (C=N–C) groups is 2. The van der Waals surface area contributed by atoms with Crippen LogP contribution >= 0.6 is 0 Å². The number of carbonyl (C=O) groups excluding carboxylic acids is 1. The first-order chi connectivity index (χ1) is 5.77. The van der Waals surface area contributed by atoms with Crippen molar-refractivity contribution in [1.29, 1.82) is 0 Å². The van der Waals surface area contributed by atoms with Gasteiger partial charge in [-0.15, -0.1) is 13.2 Å². The van der Waals surface area contributed by atoms with Crippen LogP contribution in [0.3, 0.4) is 0 Å². The van der Waals surface area contributed by atoms with Crippen molar-refractivity contribution >= 4 is 17.5 Å². The molecule has 0 aromatic rings. The lowest BCUT2D eigenvalue weighted by molar-refractivity contribution is 0.257. The van der Waals surface area contributed by atoms with Gasteiger partial charge in [0.05, 0.1) is 11.4 Å². The van der Waals surface area contributed by atoms with Gasteiger partial charge in [0.1, 0.15) is 0 Å². The molecule has 0 saturated heterocycles. The highest BCUT2D eigenvalue weighted by molar-refractivity contribution is 6.48. The molecule has 0 N–H and O–H groups in total. The summed E-state index contributed by atoms with van der Waals surface area (Å²) < 4.78 is 0. The van der Waals surface area contributed by atoms with E-state index in [1.165, 1.54) is 0 Å². The number of amides is 2. The standard InChI is InChI=1S/C9H10N2O/c1-3-5-7-8(6-4-2)11-9(12)10-7/h3-4H,1-2,5-6H2. The molecule has 0 saturated carbocycles. The van der Waals surface area contributed by atoms with Crippen LogP contribution in [-0.2, 0) is 0 Å². The SMILES string of the molecule is C=CCC1=NC(=O)N=C1CC=C. The van der Waals surface area contributed by atoms with Gasteiger partial charge in [0.15, 0.2) is 0 Å². The highest BCUT2D eigenvalue weighted by atomic mass is 16.2. The van der Waals surface area contributed by atoms with Gasteiger partial charge in [0, 0.05) is 12.8 Å². The summed E-state index contributed by atoms with van der Waals surface area (Å²) in [4.78, 5) is 18.2. The van der Waals surface area contributed by atoms with E-state index >= 15 is 0 Å². The third-order valence-corrected chi connectivity index (χ3v) is 1.47. The molecule has 3 heteroatoms. The second kappa shape index (κ2) is 3.76. The van der Waals surface area contributed by atoms with Crippen LogP contribution in [0.25, 0.3) is 0 Å². The van der Waals surface area contributed by atoms with Crippen molar-refractivity contribution in [1.82, 2.24) is 0 Å². The molecule has 0 atom stereocenters. The number of nitrogens with zero attached hydrogens (tertiary/aromatic N) is 2. The maximum absolute atomic E-state index is 10.8. The average molecular weight is 162 g/mol. The van der Waals surface area contributed by atoms with Gasteiger partial charge in [-0.2, -0.15) is 9.98 Å². The van der Waals surface area contributed by atoms with Gasteiger partial charge in [0.25, 0.3) is 0 Å². The molecule has 0 fully saturated rings. The molecular weight excluding hydrogens is 152 g/mol. The van der Waals surface area contributed by atoms with Crippen LogP contribution < -0.4 is 0 Å². The van der Waals surface area contributed by atoms with Crippen molar-refractivity contribution in [2.24, 2.45) is 9.98 Å². The second-order valence-electron chi connectivity index (χ2n) is 2.39. The molecule has 12 heavy (non-hydrogen) atoms. The molecule has 0 spiro atoms. The third kappa shape index (κ3) is 1.75. The number of hydrogen-bond acceptors (Lipinski definition) is 1. The highest BCUT2D eigenvalue weighted by Crippen LogP contribution is 2.06. The van der Waals surface area contributed by atoms with E-state index in [0.717, 1.165) is 11.4 Å². The summed E-state index contributed by atoms with van der Waals surface area (Å²) in [5.41, 5.74) is 1.44. The molecule has 0 radical (unpaired) electrons. The Morgan fingerprint density at radius 2 is 1.50 bits per heavy atom. The molecule has 0 unspecified atom stereocenters. The summed E-state index contributed by atoms with van der Waals surface area (Å²) in [6.07, 6.45) is 4.60. The van der Waals surface area contributed by atoms with Crippen LogP contribution in [0, 0.1) is 0 Å². The summed E-state index contributed by atoms with van der Waals surface area (Å²) in [6.45, 7) is 7.14. The molecule has 1 rings (SSSR count). The van der Waals surface area contributed by atoms with E-state index in [0.29, 0.717) is 12.8 Å².